The zero-order valence-corrected chi connectivity index (χ0v) is 23.8. The lowest BCUT2D eigenvalue weighted by Crippen LogP contribution is -2.41. The number of nitrogens with one attached hydrogen (secondary N) is 1. The first-order valence-corrected chi connectivity index (χ1v) is 13.2. The number of benzene rings is 2. The van der Waals surface area contributed by atoms with E-state index in [1.165, 1.54) is 0 Å². The lowest BCUT2D eigenvalue weighted by atomic mass is 9.90. The topological polar surface area (TPSA) is 94.9 Å². The molecule has 0 atom stereocenters. The van der Waals surface area contributed by atoms with E-state index in [4.69, 9.17) is 19.3 Å². The van der Waals surface area contributed by atoms with Crippen molar-refractivity contribution in [2.24, 2.45) is 0 Å². The maximum atomic E-state index is 13.7. The number of carbonyl (C=O) groups is 2. The van der Waals surface area contributed by atoms with Gasteiger partial charge in [-0.05, 0) is 58.6 Å². The van der Waals surface area contributed by atoms with Crippen LogP contribution < -0.4 is 14.8 Å². The van der Waals surface area contributed by atoms with E-state index in [2.05, 4.69) is 5.32 Å². The number of aryl methyl sites for hydroxylation is 2. The first-order valence-electron chi connectivity index (χ1n) is 13.2. The average Bonchev–Trinajstić information content (AvgIpc) is 3.32. The Morgan fingerprint density at radius 1 is 0.974 bits per heavy atom. The van der Waals surface area contributed by atoms with Crippen LogP contribution in [0.1, 0.15) is 66.7 Å². The minimum atomic E-state index is -0.553. The molecule has 1 aromatic heterocycles. The molecule has 1 aliphatic heterocycles. The van der Waals surface area contributed by atoms with Gasteiger partial charge in [-0.1, -0.05) is 18.2 Å². The predicted molar refractivity (Wildman–Crippen MR) is 150 cm³/mol. The molecule has 1 saturated heterocycles. The number of nitrogens with zero attached hydrogens (tertiary/aromatic N) is 3. The van der Waals surface area contributed by atoms with Gasteiger partial charge in [0, 0.05) is 42.9 Å². The van der Waals surface area contributed by atoms with Crippen molar-refractivity contribution in [1.82, 2.24) is 14.7 Å². The summed E-state index contributed by atoms with van der Waals surface area (Å²) in [6.07, 6.45) is 2.69. The van der Waals surface area contributed by atoms with Crippen LogP contribution in [0.15, 0.2) is 42.6 Å². The first kappa shape index (κ1) is 28.0. The van der Waals surface area contributed by atoms with Crippen molar-refractivity contribution in [2.75, 3.05) is 32.6 Å². The molecule has 2 amide bonds. The van der Waals surface area contributed by atoms with Crippen LogP contribution in [0.3, 0.4) is 0 Å². The van der Waals surface area contributed by atoms with Gasteiger partial charge in [-0.15, -0.1) is 0 Å². The zero-order chi connectivity index (χ0) is 28.3. The fourth-order valence-electron chi connectivity index (χ4n) is 4.98. The Labute approximate surface area is 230 Å². The summed E-state index contributed by atoms with van der Waals surface area (Å²) in [7, 11) is 3.13. The molecule has 39 heavy (non-hydrogen) atoms. The van der Waals surface area contributed by atoms with Gasteiger partial charge in [-0.25, -0.2) is 9.48 Å². The normalized spacial score (nSPS) is 14.2. The highest BCUT2D eigenvalue weighted by molar-refractivity contribution is 6.05. The Bertz CT molecular complexity index is 1310. The SMILES string of the molecule is COc1cc(NC(=O)c2cnn(-c3c(C)cccc3C)c2C2CCN(C(=O)OC(C)(C)C)CC2)cc(OC)c1. The summed E-state index contributed by atoms with van der Waals surface area (Å²) in [6, 6.07) is 11.3. The molecule has 4 rings (SSSR count). The van der Waals surface area contributed by atoms with Crippen molar-refractivity contribution in [3.8, 4) is 17.2 Å². The summed E-state index contributed by atoms with van der Waals surface area (Å²) in [6.45, 7) is 10.7. The number of hydrogen-bond acceptors (Lipinski definition) is 6. The number of carbonyl (C=O) groups excluding carboxylic acids is 2. The van der Waals surface area contributed by atoms with E-state index >= 15 is 0 Å². The number of hydrogen-bond donors (Lipinski definition) is 1. The van der Waals surface area contributed by atoms with Crippen LogP contribution in [0, 0.1) is 13.8 Å². The third-order valence-electron chi connectivity index (χ3n) is 6.85. The molecular weight excluding hydrogens is 496 g/mol. The number of para-hydroxylation sites is 1. The van der Waals surface area contributed by atoms with Gasteiger partial charge < -0.3 is 24.4 Å². The molecule has 1 aliphatic rings. The van der Waals surface area contributed by atoms with Crippen molar-refractivity contribution >= 4 is 17.7 Å². The molecule has 9 heteroatoms. The number of methoxy groups -OCH3 is 2. The lowest BCUT2D eigenvalue weighted by Gasteiger charge is -2.34. The molecule has 0 unspecified atom stereocenters. The van der Waals surface area contributed by atoms with Crippen molar-refractivity contribution < 1.29 is 23.8 Å². The van der Waals surface area contributed by atoms with E-state index in [0.29, 0.717) is 48.7 Å². The molecule has 1 N–H and O–H groups in total. The fraction of sp³-hybridized carbons (Fsp3) is 0.433. The second-order valence-corrected chi connectivity index (χ2v) is 10.9. The van der Waals surface area contributed by atoms with Gasteiger partial charge >= 0.3 is 6.09 Å². The summed E-state index contributed by atoms with van der Waals surface area (Å²) in [5, 5.41) is 7.71. The van der Waals surface area contributed by atoms with Gasteiger partial charge in [-0.3, -0.25) is 4.79 Å². The molecule has 0 bridgehead atoms. The molecule has 2 aromatic carbocycles. The number of aromatic nitrogens is 2. The van der Waals surface area contributed by atoms with Crippen LogP contribution in [0.2, 0.25) is 0 Å². The monoisotopic (exact) mass is 534 g/mol. The first-order chi connectivity index (χ1) is 18.5. The number of rotatable bonds is 6. The summed E-state index contributed by atoms with van der Waals surface area (Å²) in [5.41, 5.74) is 4.43. The van der Waals surface area contributed by atoms with Crippen LogP contribution in [0.25, 0.3) is 5.69 Å². The van der Waals surface area contributed by atoms with Gasteiger partial charge in [0.15, 0.2) is 0 Å². The highest BCUT2D eigenvalue weighted by Crippen LogP contribution is 2.35. The molecule has 2 heterocycles. The maximum Gasteiger partial charge on any atom is 0.410 e. The maximum absolute atomic E-state index is 13.7. The summed E-state index contributed by atoms with van der Waals surface area (Å²) >= 11 is 0. The van der Waals surface area contributed by atoms with Crippen LogP contribution in [0.4, 0.5) is 10.5 Å². The highest BCUT2D eigenvalue weighted by Gasteiger charge is 2.32. The van der Waals surface area contributed by atoms with E-state index in [0.717, 1.165) is 22.5 Å². The second-order valence-electron chi connectivity index (χ2n) is 10.9. The molecule has 0 saturated carbocycles. The Kier molecular flexibility index (Phi) is 8.18. The number of amides is 2. The minimum absolute atomic E-state index is 0.0192. The molecule has 208 valence electrons. The van der Waals surface area contributed by atoms with Gasteiger partial charge in [0.1, 0.15) is 17.1 Å². The molecule has 3 aromatic rings. The van der Waals surface area contributed by atoms with E-state index in [-0.39, 0.29) is 17.9 Å². The zero-order valence-electron chi connectivity index (χ0n) is 23.8. The van der Waals surface area contributed by atoms with Gasteiger partial charge in [0.2, 0.25) is 0 Å². The Morgan fingerprint density at radius 2 is 1.56 bits per heavy atom. The average molecular weight is 535 g/mol. The largest absolute Gasteiger partial charge is 0.497 e. The van der Waals surface area contributed by atoms with E-state index in [9.17, 15) is 9.59 Å². The minimum Gasteiger partial charge on any atom is -0.497 e. The Balaban J connectivity index is 1.68. The third-order valence-corrected chi connectivity index (χ3v) is 6.85. The Hall–Kier alpha value is -4.01. The molecule has 9 nitrogen and oxygen atoms in total. The fourth-order valence-corrected chi connectivity index (χ4v) is 4.98. The lowest BCUT2D eigenvalue weighted by molar-refractivity contribution is 0.0203. The number of anilines is 1. The van der Waals surface area contributed by atoms with E-state index in [1.54, 1.807) is 43.5 Å². The van der Waals surface area contributed by atoms with E-state index in [1.807, 2.05) is 57.5 Å². The quantitative estimate of drug-likeness (QED) is 0.425. The number of likely N-dealkylation sites (tertiary alicyclic amines) is 1. The van der Waals surface area contributed by atoms with Crippen LogP contribution in [-0.4, -0.2) is 59.6 Å². The summed E-state index contributed by atoms with van der Waals surface area (Å²) in [5.74, 6) is 0.898. The van der Waals surface area contributed by atoms with Crippen molar-refractivity contribution in [3.63, 3.8) is 0 Å². The molecule has 0 spiro atoms. The smallest absolute Gasteiger partial charge is 0.410 e. The molecular formula is C30H38N4O5. The Morgan fingerprint density at radius 3 is 2.10 bits per heavy atom. The predicted octanol–water partition coefficient (Wildman–Crippen LogP) is 5.87. The molecule has 0 aliphatic carbocycles. The number of piperidine rings is 1. The second kappa shape index (κ2) is 11.4. The summed E-state index contributed by atoms with van der Waals surface area (Å²) in [4.78, 5) is 28.1. The van der Waals surface area contributed by atoms with Crippen LogP contribution >= 0.6 is 0 Å². The molecule has 0 radical (unpaired) electrons. The molecule has 1 fully saturated rings. The third kappa shape index (κ3) is 6.35. The number of ether oxygens (including phenoxy) is 3. The van der Waals surface area contributed by atoms with Crippen LogP contribution in [0.5, 0.6) is 11.5 Å². The van der Waals surface area contributed by atoms with Gasteiger partial charge in [0.05, 0.1) is 37.4 Å². The standard InChI is InChI=1S/C30H38N4O5/c1-19-9-8-10-20(2)26(19)34-27(21-11-13-33(14-12-21)29(36)39-30(3,4)5)25(18-31-34)28(35)32-22-15-23(37-6)17-24(16-22)38-7/h8-10,15-18,21H,11-14H2,1-7H3,(H,32,35). The summed E-state index contributed by atoms with van der Waals surface area (Å²) < 4.78 is 18.2. The van der Waals surface area contributed by atoms with Crippen molar-refractivity contribution in [2.45, 2.75) is 59.0 Å². The highest BCUT2D eigenvalue weighted by atomic mass is 16.6. The van der Waals surface area contributed by atoms with E-state index < -0.39 is 5.60 Å². The van der Waals surface area contributed by atoms with Crippen molar-refractivity contribution in [3.05, 3.63) is 65.0 Å². The van der Waals surface area contributed by atoms with Gasteiger partial charge in [-0.2, -0.15) is 5.10 Å². The van der Waals surface area contributed by atoms with Gasteiger partial charge in [0.25, 0.3) is 5.91 Å². The van der Waals surface area contributed by atoms with Crippen LogP contribution in [-0.2, 0) is 4.74 Å². The van der Waals surface area contributed by atoms with Crippen molar-refractivity contribution in [1.29, 1.82) is 0 Å².